The van der Waals surface area contributed by atoms with E-state index in [1.165, 1.54) is 4.90 Å². The van der Waals surface area contributed by atoms with E-state index >= 15 is 0 Å². The number of hydrogen-bond acceptors (Lipinski definition) is 11. The predicted octanol–water partition coefficient (Wildman–Crippen LogP) is -0.568. The molecule has 9 N–H and O–H groups in total. The molecule has 0 radical (unpaired) electrons. The molecule has 0 bridgehead atoms. The van der Waals surface area contributed by atoms with Crippen LogP contribution < -0.4 is 21.7 Å². The first-order valence-corrected chi connectivity index (χ1v) is 14.8. The Labute approximate surface area is 271 Å². The lowest BCUT2D eigenvalue weighted by atomic mass is 10.0. The van der Waals surface area contributed by atoms with Gasteiger partial charge in [-0.25, -0.2) is 4.79 Å². The van der Waals surface area contributed by atoms with Crippen LogP contribution in [0.1, 0.15) is 38.7 Å². The fourth-order valence-corrected chi connectivity index (χ4v) is 4.14. The number of benzene rings is 1. The SMILES string of the molecule is CC(C)C(N)C(=O)N[C@@H](CCCCNC(=O)CN(CCN(CC(=O)O)CC(=O)O)CC(=O)O)C(=O)Nc1ccc(COC(=O)O)cc1. The van der Waals surface area contributed by atoms with E-state index in [9.17, 15) is 38.7 Å². The summed E-state index contributed by atoms with van der Waals surface area (Å²) < 4.78 is 4.51. The van der Waals surface area contributed by atoms with E-state index in [1.807, 2.05) is 0 Å². The fraction of sp³-hybridized carbons (Fsp3) is 0.552. The quantitative estimate of drug-likeness (QED) is 0.0536. The molecule has 0 aliphatic rings. The molecule has 1 rings (SSSR count). The Hall–Kier alpha value is -4.81. The second-order valence-corrected chi connectivity index (χ2v) is 11.0. The van der Waals surface area contributed by atoms with E-state index in [0.717, 1.165) is 4.90 Å². The third-order valence-corrected chi connectivity index (χ3v) is 6.66. The molecule has 0 aromatic heterocycles. The van der Waals surface area contributed by atoms with E-state index in [2.05, 4.69) is 20.7 Å². The molecule has 0 aliphatic carbocycles. The summed E-state index contributed by atoms with van der Waals surface area (Å²) in [6.07, 6.45) is -0.448. The van der Waals surface area contributed by atoms with Gasteiger partial charge >= 0.3 is 24.1 Å². The van der Waals surface area contributed by atoms with E-state index in [-0.39, 0.29) is 45.1 Å². The molecule has 47 heavy (non-hydrogen) atoms. The number of ether oxygens (including phenoxy) is 1. The molecule has 0 saturated carbocycles. The fourth-order valence-electron chi connectivity index (χ4n) is 4.14. The molecule has 262 valence electrons. The molecule has 18 nitrogen and oxygen atoms in total. The van der Waals surface area contributed by atoms with Crippen LogP contribution in [0.25, 0.3) is 0 Å². The van der Waals surface area contributed by atoms with E-state index in [4.69, 9.17) is 21.1 Å². The molecule has 3 amide bonds. The van der Waals surface area contributed by atoms with Gasteiger partial charge in [-0.05, 0) is 42.9 Å². The lowest BCUT2D eigenvalue weighted by Gasteiger charge is -2.24. The van der Waals surface area contributed by atoms with Crippen molar-refractivity contribution in [3.05, 3.63) is 29.8 Å². The molecule has 1 unspecified atom stereocenters. The van der Waals surface area contributed by atoms with Crippen LogP contribution in [0, 0.1) is 5.92 Å². The van der Waals surface area contributed by atoms with E-state index in [0.29, 0.717) is 24.1 Å². The Morgan fingerprint density at radius 2 is 1.32 bits per heavy atom. The van der Waals surface area contributed by atoms with Gasteiger partial charge in [0, 0.05) is 25.3 Å². The summed E-state index contributed by atoms with van der Waals surface area (Å²) >= 11 is 0. The number of unbranched alkanes of at least 4 members (excludes halogenated alkanes) is 1. The second-order valence-electron chi connectivity index (χ2n) is 11.0. The number of carboxylic acids is 3. The Bertz CT molecular complexity index is 1210. The van der Waals surface area contributed by atoms with Crippen molar-refractivity contribution < 1.29 is 58.7 Å². The number of carbonyl (C=O) groups excluding carboxylic acids is 3. The normalized spacial score (nSPS) is 12.3. The van der Waals surface area contributed by atoms with Crippen LogP contribution in [-0.4, -0.2) is 130 Å². The molecule has 0 aliphatic heterocycles. The number of anilines is 1. The zero-order chi connectivity index (χ0) is 35.5. The highest BCUT2D eigenvalue weighted by Gasteiger charge is 2.25. The standard InChI is InChI=1S/C29H44N6O12/c1-18(2)26(30)28(44)33-21(27(43)32-20-8-6-19(7-9-20)17-47-29(45)46)5-3-4-10-31-22(36)13-34(14-23(37)38)11-12-35(15-24(39)40)16-25(41)42/h6-9,18,21,26H,3-5,10-17,30H2,1-2H3,(H,31,36)(H,32,43)(H,33,44)(H,37,38)(H,39,40)(H,41,42)(H,45,46)/t21-,26?/m0/s1. The minimum Gasteiger partial charge on any atom is -0.480 e. The number of nitrogens with zero attached hydrogens (tertiary/aromatic N) is 2. The van der Waals surface area contributed by atoms with E-state index < -0.39 is 73.5 Å². The Morgan fingerprint density at radius 3 is 1.81 bits per heavy atom. The van der Waals surface area contributed by atoms with Crippen LogP contribution in [0.4, 0.5) is 10.5 Å². The number of amides is 3. The van der Waals surface area contributed by atoms with Crippen molar-refractivity contribution >= 4 is 47.5 Å². The lowest BCUT2D eigenvalue weighted by molar-refractivity contribution is -0.143. The minimum absolute atomic E-state index is 0.0753. The number of nitrogens with two attached hydrogens (primary N) is 1. The number of nitrogens with one attached hydrogen (secondary N) is 3. The van der Waals surface area contributed by atoms with Crippen LogP contribution in [0.2, 0.25) is 0 Å². The molecule has 2 atom stereocenters. The van der Waals surface area contributed by atoms with Gasteiger partial charge in [0.15, 0.2) is 0 Å². The van der Waals surface area contributed by atoms with Crippen molar-refractivity contribution in [2.75, 3.05) is 51.1 Å². The van der Waals surface area contributed by atoms with Gasteiger partial charge in [-0.3, -0.25) is 38.6 Å². The maximum atomic E-state index is 13.1. The molecule has 18 heteroatoms. The van der Waals surface area contributed by atoms with Gasteiger partial charge in [0.25, 0.3) is 0 Å². The highest BCUT2D eigenvalue weighted by atomic mass is 16.7. The van der Waals surface area contributed by atoms with Crippen molar-refractivity contribution in [1.82, 2.24) is 20.4 Å². The van der Waals surface area contributed by atoms with Crippen LogP contribution in [0.3, 0.4) is 0 Å². The monoisotopic (exact) mass is 668 g/mol. The number of hydrogen-bond donors (Lipinski definition) is 8. The minimum atomic E-state index is -1.42. The molecular formula is C29H44N6O12. The van der Waals surface area contributed by atoms with Crippen molar-refractivity contribution in [2.45, 2.75) is 51.8 Å². The van der Waals surface area contributed by atoms with E-state index in [1.54, 1.807) is 38.1 Å². The van der Waals surface area contributed by atoms with Gasteiger partial charge in [0.2, 0.25) is 17.7 Å². The lowest BCUT2D eigenvalue weighted by Crippen LogP contribution is -2.51. The maximum Gasteiger partial charge on any atom is 0.506 e. The Morgan fingerprint density at radius 1 is 0.787 bits per heavy atom. The Balaban J connectivity index is 2.72. The smallest absolute Gasteiger partial charge is 0.480 e. The highest BCUT2D eigenvalue weighted by Crippen LogP contribution is 2.13. The van der Waals surface area contributed by atoms with Crippen LogP contribution in [0.15, 0.2) is 24.3 Å². The van der Waals surface area contributed by atoms with Gasteiger partial charge < -0.3 is 46.8 Å². The third kappa shape index (κ3) is 18.1. The van der Waals surface area contributed by atoms with Gasteiger partial charge in [-0.1, -0.05) is 26.0 Å². The Kier molecular flexibility index (Phi) is 18.0. The number of rotatable bonds is 23. The topological polar surface area (TPSA) is 278 Å². The molecule has 0 spiro atoms. The van der Waals surface area contributed by atoms with Crippen molar-refractivity contribution in [3.63, 3.8) is 0 Å². The number of carboxylic acid groups (broad SMARTS) is 4. The third-order valence-electron chi connectivity index (χ3n) is 6.66. The van der Waals surface area contributed by atoms with Gasteiger partial charge in [0.1, 0.15) is 12.6 Å². The number of carbonyl (C=O) groups is 7. The van der Waals surface area contributed by atoms with Gasteiger partial charge in [-0.2, -0.15) is 0 Å². The molecule has 1 aromatic carbocycles. The first-order chi connectivity index (χ1) is 22.1. The molecule has 0 fully saturated rings. The number of aliphatic carboxylic acids is 3. The summed E-state index contributed by atoms with van der Waals surface area (Å²) in [5.74, 6) is -5.47. The first kappa shape index (κ1) is 40.2. The summed E-state index contributed by atoms with van der Waals surface area (Å²) in [7, 11) is 0. The largest absolute Gasteiger partial charge is 0.506 e. The van der Waals surface area contributed by atoms with Crippen LogP contribution in [0.5, 0.6) is 0 Å². The second kappa shape index (κ2) is 21.1. The van der Waals surface area contributed by atoms with Crippen molar-refractivity contribution in [2.24, 2.45) is 11.7 Å². The molecule has 1 aromatic rings. The molecule has 0 heterocycles. The van der Waals surface area contributed by atoms with Crippen molar-refractivity contribution in [3.8, 4) is 0 Å². The van der Waals surface area contributed by atoms with Crippen molar-refractivity contribution in [1.29, 1.82) is 0 Å². The summed E-state index contributed by atoms with van der Waals surface area (Å²) in [5, 5.41) is 43.8. The molecular weight excluding hydrogens is 624 g/mol. The average Bonchev–Trinajstić information content (AvgIpc) is 2.97. The van der Waals surface area contributed by atoms with Crippen LogP contribution in [-0.2, 0) is 40.1 Å². The predicted molar refractivity (Wildman–Crippen MR) is 165 cm³/mol. The zero-order valence-electron chi connectivity index (χ0n) is 26.3. The molecule has 0 saturated heterocycles. The highest BCUT2D eigenvalue weighted by molar-refractivity contribution is 5.97. The summed E-state index contributed by atoms with van der Waals surface area (Å²) in [6.45, 7) is 1.34. The van der Waals surface area contributed by atoms with Crippen LogP contribution >= 0.6 is 0 Å². The summed E-state index contributed by atoms with van der Waals surface area (Å²) in [5.41, 5.74) is 6.90. The zero-order valence-corrected chi connectivity index (χ0v) is 26.3. The summed E-state index contributed by atoms with van der Waals surface area (Å²) in [4.78, 5) is 84.4. The summed E-state index contributed by atoms with van der Waals surface area (Å²) in [6, 6.07) is 4.43. The average molecular weight is 669 g/mol. The first-order valence-electron chi connectivity index (χ1n) is 14.8. The van der Waals surface area contributed by atoms with Gasteiger partial charge in [-0.15, -0.1) is 0 Å². The maximum absolute atomic E-state index is 13.1. The van der Waals surface area contributed by atoms with Gasteiger partial charge in [0.05, 0.1) is 32.2 Å².